The highest BCUT2D eigenvalue weighted by molar-refractivity contribution is 6.10. The Morgan fingerprint density at radius 2 is 1.02 bits per heavy atom. The van der Waals surface area contributed by atoms with Crippen molar-refractivity contribution in [2.75, 3.05) is 4.90 Å². The van der Waals surface area contributed by atoms with E-state index in [0.717, 1.165) is 39.5 Å². The van der Waals surface area contributed by atoms with Gasteiger partial charge in [-0.15, -0.1) is 0 Å². The summed E-state index contributed by atoms with van der Waals surface area (Å²) in [6.45, 7) is 4.68. The van der Waals surface area contributed by atoms with Gasteiger partial charge in [-0.3, -0.25) is 0 Å². The molecule has 1 aliphatic carbocycles. The molecule has 8 aromatic carbocycles. The molecule has 10 rings (SSSR count). The van der Waals surface area contributed by atoms with Crippen molar-refractivity contribution in [2.45, 2.75) is 19.3 Å². The summed E-state index contributed by atoms with van der Waals surface area (Å²) in [4.78, 5) is 2.35. The molecule has 2 heteroatoms. The molecule has 0 atom stereocenters. The molecule has 0 N–H and O–H groups in total. The summed E-state index contributed by atoms with van der Waals surface area (Å²) in [7, 11) is 0. The normalized spacial score (nSPS) is 13.2. The van der Waals surface area contributed by atoms with Crippen LogP contribution >= 0.6 is 0 Å². The monoisotopic (exact) mass is 653 g/mol. The molecule has 1 heterocycles. The van der Waals surface area contributed by atoms with Crippen molar-refractivity contribution in [3.05, 3.63) is 187 Å². The van der Waals surface area contributed by atoms with Crippen molar-refractivity contribution < 1.29 is 4.74 Å². The van der Waals surface area contributed by atoms with Gasteiger partial charge in [-0.05, 0) is 104 Å². The molecular weight excluding hydrogens is 619 g/mol. The van der Waals surface area contributed by atoms with Crippen LogP contribution in [0.15, 0.2) is 176 Å². The molecule has 0 fully saturated rings. The van der Waals surface area contributed by atoms with E-state index in [2.05, 4.69) is 195 Å². The highest BCUT2D eigenvalue weighted by atomic mass is 16.5. The van der Waals surface area contributed by atoms with Crippen molar-refractivity contribution in [1.29, 1.82) is 0 Å². The van der Waals surface area contributed by atoms with Crippen LogP contribution in [0.25, 0.3) is 55.3 Å². The summed E-state index contributed by atoms with van der Waals surface area (Å²) in [5.74, 6) is 1.75. The van der Waals surface area contributed by atoms with E-state index in [1.54, 1.807) is 0 Å². The second-order valence-corrected chi connectivity index (χ2v) is 14.1. The summed E-state index contributed by atoms with van der Waals surface area (Å²) in [5.41, 5.74) is 15.7. The number of anilines is 3. The molecule has 0 aromatic heterocycles. The Kier molecular flexibility index (Phi) is 6.56. The van der Waals surface area contributed by atoms with Crippen molar-refractivity contribution in [3.8, 4) is 56.0 Å². The third-order valence-electron chi connectivity index (χ3n) is 10.9. The van der Waals surface area contributed by atoms with E-state index < -0.39 is 0 Å². The highest BCUT2D eigenvalue weighted by Crippen LogP contribution is 2.53. The first-order valence-corrected chi connectivity index (χ1v) is 17.7. The van der Waals surface area contributed by atoms with Crippen LogP contribution in [0.2, 0.25) is 0 Å². The van der Waals surface area contributed by atoms with E-state index in [1.165, 1.54) is 55.5 Å². The number of para-hydroxylation sites is 1. The molecule has 242 valence electrons. The number of benzene rings is 8. The zero-order valence-electron chi connectivity index (χ0n) is 28.6. The Morgan fingerprint density at radius 1 is 0.392 bits per heavy atom. The van der Waals surface area contributed by atoms with E-state index in [0.29, 0.717) is 0 Å². The van der Waals surface area contributed by atoms with E-state index in [-0.39, 0.29) is 5.41 Å². The molecule has 0 unspecified atom stereocenters. The first-order chi connectivity index (χ1) is 25.0. The summed E-state index contributed by atoms with van der Waals surface area (Å²) in [5, 5.41) is 2.35. The number of ether oxygens (including phenoxy) is 1. The first-order valence-electron chi connectivity index (χ1n) is 17.7. The lowest BCUT2D eigenvalue weighted by molar-refractivity contribution is 0.487. The van der Waals surface area contributed by atoms with Gasteiger partial charge in [-0.1, -0.05) is 135 Å². The van der Waals surface area contributed by atoms with Crippen molar-refractivity contribution >= 4 is 27.8 Å². The van der Waals surface area contributed by atoms with Gasteiger partial charge >= 0.3 is 0 Å². The fourth-order valence-corrected chi connectivity index (χ4v) is 8.36. The van der Waals surface area contributed by atoms with Crippen LogP contribution < -0.4 is 9.64 Å². The van der Waals surface area contributed by atoms with Gasteiger partial charge in [0, 0.05) is 39.5 Å². The minimum Gasteiger partial charge on any atom is -0.456 e. The Hall–Kier alpha value is -6.38. The Morgan fingerprint density at radius 3 is 1.86 bits per heavy atom. The minimum absolute atomic E-state index is 0.0899. The summed E-state index contributed by atoms with van der Waals surface area (Å²) < 4.78 is 6.82. The predicted molar refractivity (Wildman–Crippen MR) is 213 cm³/mol. The molecule has 2 nitrogen and oxygen atoms in total. The SMILES string of the molecule is CC1(C)c2ccccc2-c2ccc(N(c3ccccc3)c3ccc4c(c3)Oc3ccc(-c5cccc(-c6ccccc6)c5)c5cccc-4c35)cc21. The predicted octanol–water partition coefficient (Wildman–Crippen LogP) is 13.7. The quantitative estimate of drug-likeness (QED) is 0.183. The second kappa shape index (κ2) is 11.3. The van der Waals surface area contributed by atoms with E-state index in [4.69, 9.17) is 4.74 Å². The largest absolute Gasteiger partial charge is 0.456 e. The average Bonchev–Trinajstić information content (AvgIpc) is 3.41. The van der Waals surface area contributed by atoms with Gasteiger partial charge in [0.15, 0.2) is 0 Å². The van der Waals surface area contributed by atoms with Gasteiger partial charge in [0.25, 0.3) is 0 Å². The maximum atomic E-state index is 6.82. The number of fused-ring (bicyclic) bond motifs is 5. The number of hydrogen-bond acceptors (Lipinski definition) is 2. The van der Waals surface area contributed by atoms with Crippen LogP contribution in [0.5, 0.6) is 11.5 Å². The van der Waals surface area contributed by atoms with E-state index >= 15 is 0 Å². The maximum absolute atomic E-state index is 6.82. The van der Waals surface area contributed by atoms with Gasteiger partial charge in [-0.25, -0.2) is 0 Å². The zero-order chi connectivity index (χ0) is 34.1. The Bertz CT molecular complexity index is 2640. The molecule has 0 saturated carbocycles. The third kappa shape index (κ3) is 4.64. The van der Waals surface area contributed by atoms with E-state index in [1.807, 2.05) is 0 Å². The summed E-state index contributed by atoms with van der Waals surface area (Å²) in [6, 6.07) is 63.5. The number of nitrogens with zero attached hydrogens (tertiary/aromatic N) is 1. The zero-order valence-corrected chi connectivity index (χ0v) is 28.6. The molecule has 51 heavy (non-hydrogen) atoms. The van der Waals surface area contributed by atoms with Gasteiger partial charge in [0.2, 0.25) is 0 Å². The fourth-order valence-electron chi connectivity index (χ4n) is 8.36. The molecule has 8 aromatic rings. The highest BCUT2D eigenvalue weighted by Gasteiger charge is 2.36. The van der Waals surface area contributed by atoms with Crippen LogP contribution in [-0.2, 0) is 5.41 Å². The molecule has 1 aliphatic heterocycles. The van der Waals surface area contributed by atoms with Crippen molar-refractivity contribution in [1.82, 2.24) is 0 Å². The van der Waals surface area contributed by atoms with Gasteiger partial charge in [0.1, 0.15) is 11.5 Å². The molecule has 2 aliphatic rings. The Balaban J connectivity index is 1.08. The second-order valence-electron chi connectivity index (χ2n) is 14.1. The van der Waals surface area contributed by atoms with Crippen LogP contribution in [0, 0.1) is 0 Å². The molecule has 0 radical (unpaired) electrons. The molecule has 0 spiro atoms. The lowest BCUT2D eigenvalue weighted by atomic mass is 9.82. The summed E-state index contributed by atoms with van der Waals surface area (Å²) in [6.07, 6.45) is 0. The maximum Gasteiger partial charge on any atom is 0.137 e. The summed E-state index contributed by atoms with van der Waals surface area (Å²) >= 11 is 0. The van der Waals surface area contributed by atoms with Gasteiger partial charge in [-0.2, -0.15) is 0 Å². The van der Waals surface area contributed by atoms with Crippen LogP contribution in [0.4, 0.5) is 17.1 Å². The van der Waals surface area contributed by atoms with Crippen molar-refractivity contribution in [3.63, 3.8) is 0 Å². The molecular formula is C49H35NO. The van der Waals surface area contributed by atoms with Crippen LogP contribution in [0.3, 0.4) is 0 Å². The van der Waals surface area contributed by atoms with Crippen LogP contribution in [0.1, 0.15) is 25.0 Å². The number of rotatable bonds is 5. The molecule has 0 saturated heterocycles. The fraction of sp³-hybridized carbons (Fsp3) is 0.0612. The lowest BCUT2D eigenvalue weighted by Crippen LogP contribution is -2.16. The van der Waals surface area contributed by atoms with E-state index in [9.17, 15) is 0 Å². The van der Waals surface area contributed by atoms with Gasteiger partial charge in [0.05, 0.1) is 0 Å². The minimum atomic E-state index is -0.0899. The Labute approximate surface area is 298 Å². The smallest absolute Gasteiger partial charge is 0.137 e. The lowest BCUT2D eigenvalue weighted by Gasteiger charge is -2.29. The molecule has 0 bridgehead atoms. The first kappa shape index (κ1) is 29.5. The molecule has 0 amide bonds. The van der Waals surface area contributed by atoms with Crippen LogP contribution in [-0.4, -0.2) is 0 Å². The van der Waals surface area contributed by atoms with Crippen molar-refractivity contribution in [2.24, 2.45) is 0 Å². The standard InChI is InChI=1S/C49H35NO/c1-49(2)44-22-10-9-19-39(44)40-25-23-36(30-45(40)49)50(35-17-7-4-8-18-35)37-24-26-41-43-21-12-20-42-38(27-28-46(48(42)43)51-47(41)31-37)34-16-11-15-33(29-34)32-13-5-3-6-14-32/h3-31H,1-2H3. The topological polar surface area (TPSA) is 12.5 Å². The van der Waals surface area contributed by atoms with Gasteiger partial charge < -0.3 is 9.64 Å². The number of hydrogen-bond donors (Lipinski definition) is 0. The average molecular weight is 654 g/mol. The third-order valence-corrected chi connectivity index (χ3v) is 10.9.